The summed E-state index contributed by atoms with van der Waals surface area (Å²) in [5, 5.41) is 0. The number of likely N-dealkylation sites (N-methyl/N-ethyl adjacent to an activating group) is 1. The molecule has 0 heterocycles. The Hall–Kier alpha value is -1.64. The molecule has 0 unspecified atom stereocenters. The van der Waals surface area contributed by atoms with E-state index in [2.05, 4.69) is 11.0 Å². The quantitative estimate of drug-likeness (QED) is 0.814. The molecule has 2 rings (SSSR count). The average Bonchev–Trinajstić information content (AvgIpc) is 2.40. The molecule has 0 aliphatic rings. The Morgan fingerprint density at radius 1 is 1.00 bits per heavy atom. The summed E-state index contributed by atoms with van der Waals surface area (Å²) in [6.45, 7) is 0.820. The molecule has 0 atom stereocenters. The first-order chi connectivity index (χ1) is 9.16. The van der Waals surface area contributed by atoms with E-state index in [0.717, 1.165) is 23.2 Å². The van der Waals surface area contributed by atoms with Crippen LogP contribution in [0.5, 0.6) is 0 Å². The summed E-state index contributed by atoms with van der Waals surface area (Å²) in [5.74, 6) is -0.204. The van der Waals surface area contributed by atoms with Crippen molar-refractivity contribution in [2.24, 2.45) is 0 Å². The van der Waals surface area contributed by atoms with Crippen LogP contribution < -0.4 is 0 Å². The van der Waals surface area contributed by atoms with Crippen LogP contribution >= 0.6 is 12.4 Å². The number of halogens is 2. The summed E-state index contributed by atoms with van der Waals surface area (Å²) < 4.78 is 13.4. The molecule has 20 heavy (non-hydrogen) atoms. The van der Waals surface area contributed by atoms with Gasteiger partial charge in [-0.1, -0.05) is 48.5 Å². The fourth-order valence-corrected chi connectivity index (χ4v) is 1.95. The minimum atomic E-state index is -0.204. The fraction of sp³-hybridized carbons (Fsp3) is 0.176. The van der Waals surface area contributed by atoms with Crippen LogP contribution in [0.1, 0.15) is 11.1 Å². The van der Waals surface area contributed by atoms with Gasteiger partial charge in [0.25, 0.3) is 0 Å². The van der Waals surface area contributed by atoms with E-state index in [-0.39, 0.29) is 18.2 Å². The Morgan fingerprint density at radius 3 is 2.25 bits per heavy atom. The van der Waals surface area contributed by atoms with E-state index in [9.17, 15) is 4.39 Å². The van der Waals surface area contributed by atoms with Crippen LogP contribution in [0, 0.1) is 5.82 Å². The van der Waals surface area contributed by atoms with Gasteiger partial charge in [0.15, 0.2) is 0 Å². The fourth-order valence-electron chi connectivity index (χ4n) is 1.95. The Kier molecular flexibility index (Phi) is 6.43. The smallest absolute Gasteiger partial charge is 0.123 e. The van der Waals surface area contributed by atoms with E-state index >= 15 is 0 Å². The molecular formula is C17H19ClFN. The van der Waals surface area contributed by atoms with E-state index in [0.29, 0.717) is 0 Å². The molecule has 0 aliphatic carbocycles. The van der Waals surface area contributed by atoms with Crippen LogP contribution in [0.3, 0.4) is 0 Å². The van der Waals surface area contributed by atoms with Crippen LogP contribution in [0.15, 0.2) is 60.7 Å². The van der Waals surface area contributed by atoms with E-state index < -0.39 is 0 Å². The molecule has 2 aromatic carbocycles. The van der Waals surface area contributed by atoms with Gasteiger partial charge in [0.05, 0.1) is 0 Å². The molecule has 0 aliphatic heterocycles. The maximum absolute atomic E-state index is 13.4. The summed E-state index contributed by atoms with van der Waals surface area (Å²) in [5.41, 5.74) is 3.08. The van der Waals surface area contributed by atoms with Crippen LogP contribution in [-0.4, -0.2) is 25.5 Å². The van der Waals surface area contributed by atoms with Gasteiger partial charge in [-0.25, -0.2) is 4.39 Å². The van der Waals surface area contributed by atoms with E-state index in [1.807, 2.05) is 50.5 Å². The van der Waals surface area contributed by atoms with Gasteiger partial charge < -0.3 is 4.90 Å². The normalized spacial score (nSPS) is 11.3. The van der Waals surface area contributed by atoms with Crippen molar-refractivity contribution in [3.05, 3.63) is 77.6 Å². The summed E-state index contributed by atoms with van der Waals surface area (Å²) >= 11 is 0. The predicted molar refractivity (Wildman–Crippen MR) is 85.7 cm³/mol. The molecular weight excluding hydrogens is 273 g/mol. The van der Waals surface area contributed by atoms with Gasteiger partial charge in [0.1, 0.15) is 5.82 Å². The second-order valence-electron chi connectivity index (χ2n) is 4.76. The second kappa shape index (κ2) is 7.83. The third-order valence-electron chi connectivity index (χ3n) is 2.88. The lowest BCUT2D eigenvalue weighted by atomic mass is 9.97. The predicted octanol–water partition coefficient (Wildman–Crippen LogP) is 4.24. The molecule has 0 amide bonds. The number of hydrogen-bond acceptors (Lipinski definition) is 1. The largest absolute Gasteiger partial charge is 0.306 e. The number of nitrogens with zero attached hydrogens (tertiary/aromatic N) is 1. The lowest BCUT2D eigenvalue weighted by molar-refractivity contribution is 0.457. The molecule has 0 radical (unpaired) electrons. The van der Waals surface area contributed by atoms with Gasteiger partial charge in [0.2, 0.25) is 0 Å². The van der Waals surface area contributed by atoms with E-state index in [1.165, 1.54) is 6.07 Å². The first-order valence-electron chi connectivity index (χ1n) is 6.33. The number of benzene rings is 2. The Balaban J connectivity index is 0.00000200. The van der Waals surface area contributed by atoms with Crippen molar-refractivity contribution in [2.45, 2.75) is 0 Å². The van der Waals surface area contributed by atoms with Gasteiger partial charge in [-0.2, -0.15) is 0 Å². The lowest BCUT2D eigenvalue weighted by Crippen LogP contribution is -2.11. The molecule has 2 aromatic rings. The van der Waals surface area contributed by atoms with Gasteiger partial charge in [-0.3, -0.25) is 0 Å². The zero-order valence-electron chi connectivity index (χ0n) is 11.7. The molecule has 0 aromatic heterocycles. The Labute approximate surface area is 126 Å². The first-order valence-corrected chi connectivity index (χ1v) is 6.33. The van der Waals surface area contributed by atoms with Gasteiger partial charge in [0, 0.05) is 6.54 Å². The third kappa shape index (κ3) is 4.48. The van der Waals surface area contributed by atoms with Crippen molar-refractivity contribution in [3.63, 3.8) is 0 Å². The van der Waals surface area contributed by atoms with Crippen LogP contribution in [0.25, 0.3) is 5.57 Å². The third-order valence-corrected chi connectivity index (χ3v) is 2.88. The highest BCUT2D eigenvalue weighted by Crippen LogP contribution is 2.23. The highest BCUT2D eigenvalue weighted by molar-refractivity contribution is 5.85. The lowest BCUT2D eigenvalue weighted by Gasteiger charge is -2.11. The number of hydrogen-bond donors (Lipinski definition) is 0. The van der Waals surface area contributed by atoms with Crippen LogP contribution in [0.2, 0.25) is 0 Å². The summed E-state index contributed by atoms with van der Waals surface area (Å²) in [7, 11) is 4.04. The Bertz CT molecular complexity index is 564. The van der Waals surface area contributed by atoms with Crippen molar-refractivity contribution in [2.75, 3.05) is 20.6 Å². The Morgan fingerprint density at radius 2 is 1.65 bits per heavy atom. The summed E-state index contributed by atoms with van der Waals surface area (Å²) in [6, 6.07) is 16.8. The van der Waals surface area contributed by atoms with Crippen molar-refractivity contribution < 1.29 is 4.39 Å². The minimum Gasteiger partial charge on any atom is -0.306 e. The van der Waals surface area contributed by atoms with Crippen molar-refractivity contribution in [3.8, 4) is 0 Å². The van der Waals surface area contributed by atoms with E-state index in [4.69, 9.17) is 0 Å². The molecule has 0 N–H and O–H groups in total. The van der Waals surface area contributed by atoms with Gasteiger partial charge in [-0.05, 0) is 42.9 Å². The first kappa shape index (κ1) is 16.4. The average molecular weight is 292 g/mol. The van der Waals surface area contributed by atoms with Gasteiger partial charge in [-0.15, -0.1) is 12.4 Å². The molecule has 106 valence electrons. The zero-order chi connectivity index (χ0) is 13.7. The van der Waals surface area contributed by atoms with Crippen molar-refractivity contribution in [1.29, 1.82) is 0 Å². The highest BCUT2D eigenvalue weighted by atomic mass is 35.5. The molecule has 0 spiro atoms. The minimum absolute atomic E-state index is 0. The van der Waals surface area contributed by atoms with E-state index in [1.54, 1.807) is 12.1 Å². The summed E-state index contributed by atoms with van der Waals surface area (Å²) in [4.78, 5) is 2.09. The second-order valence-corrected chi connectivity index (χ2v) is 4.76. The molecule has 0 fully saturated rings. The molecule has 0 saturated carbocycles. The van der Waals surface area contributed by atoms with Gasteiger partial charge >= 0.3 is 0 Å². The zero-order valence-corrected chi connectivity index (χ0v) is 12.5. The standard InChI is InChI=1S/C17H18FN.ClH/c1-19(2)12-11-17(14-7-4-3-5-8-14)15-9-6-10-16(18)13-15;/h3-11,13H,12H2,1-2H3;1H/b17-11-;. The van der Waals surface area contributed by atoms with Crippen molar-refractivity contribution in [1.82, 2.24) is 4.90 Å². The van der Waals surface area contributed by atoms with Crippen LogP contribution in [0.4, 0.5) is 4.39 Å². The van der Waals surface area contributed by atoms with Crippen molar-refractivity contribution >= 4 is 18.0 Å². The maximum atomic E-state index is 13.4. The monoisotopic (exact) mass is 291 g/mol. The SMILES string of the molecule is CN(C)C/C=C(/c1ccccc1)c1cccc(F)c1.Cl. The highest BCUT2D eigenvalue weighted by Gasteiger charge is 2.05. The number of rotatable bonds is 4. The van der Waals surface area contributed by atoms with Crippen LogP contribution in [-0.2, 0) is 0 Å². The molecule has 1 nitrogen and oxygen atoms in total. The topological polar surface area (TPSA) is 3.24 Å². The molecule has 0 bridgehead atoms. The maximum Gasteiger partial charge on any atom is 0.123 e. The molecule has 0 saturated heterocycles. The molecule has 3 heteroatoms. The summed E-state index contributed by atoms with van der Waals surface area (Å²) in [6.07, 6.45) is 2.13.